The maximum absolute atomic E-state index is 4.64. The molecule has 0 aliphatic carbocycles. The van der Waals surface area contributed by atoms with E-state index in [1.165, 1.54) is 19.3 Å². The van der Waals surface area contributed by atoms with E-state index in [9.17, 15) is 0 Å². The Kier molecular flexibility index (Phi) is 8.20. The van der Waals surface area contributed by atoms with E-state index < -0.39 is 0 Å². The highest BCUT2D eigenvalue weighted by molar-refractivity contribution is 7.78. The first-order valence-corrected chi connectivity index (χ1v) is 10.6. The van der Waals surface area contributed by atoms with E-state index in [0.717, 1.165) is 39.9 Å². The first-order chi connectivity index (χ1) is 14.8. The van der Waals surface area contributed by atoms with Crippen LogP contribution in [0.4, 0.5) is 5.69 Å². The molecule has 0 bridgehead atoms. The Labute approximate surface area is 184 Å². The number of unbranched alkanes of at least 4 members (excludes halogenated alkanes) is 3. The Morgan fingerprint density at radius 3 is 1.70 bits per heavy atom. The Balaban J connectivity index is 1.62. The molecule has 3 rings (SSSR count). The van der Waals surface area contributed by atoms with E-state index in [0.29, 0.717) is 0 Å². The van der Waals surface area contributed by atoms with Crippen molar-refractivity contribution in [3.8, 4) is 34.8 Å². The summed E-state index contributed by atoms with van der Waals surface area (Å²) < 4.78 is 0. The number of hydrogen-bond donors (Lipinski definition) is 0. The molecule has 30 heavy (non-hydrogen) atoms. The van der Waals surface area contributed by atoms with Gasteiger partial charge in [0.2, 0.25) is 0 Å². The topological polar surface area (TPSA) is 12.4 Å². The lowest BCUT2D eigenvalue weighted by molar-refractivity contribution is 0.737. The second-order valence-corrected chi connectivity index (χ2v) is 7.10. The predicted octanol–water partition coefficient (Wildman–Crippen LogP) is 7.42. The van der Waals surface area contributed by atoms with Crippen molar-refractivity contribution in [2.45, 2.75) is 32.6 Å². The summed E-state index contributed by atoms with van der Waals surface area (Å²) in [5, 5.41) is 2.38. The number of thiocarbonyl (C=S) groups is 1. The molecule has 0 spiro atoms. The minimum Gasteiger partial charge on any atom is -0.195 e. The summed E-state index contributed by atoms with van der Waals surface area (Å²) in [4.78, 5) is 3.98. The average molecular weight is 406 g/mol. The number of hydrogen-bond acceptors (Lipinski definition) is 2. The number of aliphatic imine (C=N–C) groups is 1. The van der Waals surface area contributed by atoms with Gasteiger partial charge < -0.3 is 0 Å². The highest BCUT2D eigenvalue weighted by atomic mass is 32.1. The van der Waals surface area contributed by atoms with Gasteiger partial charge in [-0.2, -0.15) is 4.99 Å². The molecule has 0 atom stereocenters. The van der Waals surface area contributed by atoms with E-state index in [1.807, 2.05) is 60.7 Å². The van der Waals surface area contributed by atoms with E-state index >= 15 is 0 Å². The van der Waals surface area contributed by atoms with Crippen LogP contribution < -0.4 is 0 Å². The van der Waals surface area contributed by atoms with Crippen LogP contribution in [0.15, 0.2) is 77.8 Å². The van der Waals surface area contributed by atoms with Gasteiger partial charge in [0.15, 0.2) is 0 Å². The summed E-state index contributed by atoms with van der Waals surface area (Å²) in [6.07, 6.45) is 4.63. The quantitative estimate of drug-likeness (QED) is 0.186. The molecule has 0 saturated carbocycles. The molecule has 3 aromatic carbocycles. The van der Waals surface area contributed by atoms with Crippen LogP contribution in [0.1, 0.15) is 49.3 Å². The molecule has 0 N–H and O–H groups in total. The maximum Gasteiger partial charge on any atom is 0.0739 e. The molecule has 2 heteroatoms. The van der Waals surface area contributed by atoms with Gasteiger partial charge in [-0.1, -0.05) is 67.7 Å². The lowest BCUT2D eigenvalue weighted by Crippen LogP contribution is -1.80. The third-order valence-electron chi connectivity index (χ3n) is 4.63. The fourth-order valence-corrected chi connectivity index (χ4v) is 3.04. The van der Waals surface area contributed by atoms with Crippen molar-refractivity contribution < 1.29 is 0 Å². The summed E-state index contributed by atoms with van der Waals surface area (Å²) in [6, 6.07) is 24.3. The van der Waals surface area contributed by atoms with Gasteiger partial charge in [0.25, 0.3) is 0 Å². The van der Waals surface area contributed by atoms with Crippen LogP contribution >= 0.6 is 12.2 Å². The SMILES string of the molecule is CCCCCC#Cc1ccc(C#Cc2ccc(-c3ccc(N=C=S)cc3)cc2)cc1. The van der Waals surface area contributed by atoms with Crippen molar-refractivity contribution >= 4 is 23.1 Å². The summed E-state index contributed by atoms with van der Waals surface area (Å²) in [5.74, 6) is 12.9. The van der Waals surface area contributed by atoms with Crippen LogP contribution in [0.3, 0.4) is 0 Å². The van der Waals surface area contributed by atoms with E-state index in [4.69, 9.17) is 0 Å². The number of isothiocyanates is 1. The normalized spacial score (nSPS) is 9.50. The van der Waals surface area contributed by atoms with Gasteiger partial charge in [0, 0.05) is 23.1 Å². The van der Waals surface area contributed by atoms with E-state index in [-0.39, 0.29) is 0 Å². The van der Waals surface area contributed by atoms with Crippen LogP contribution in [0.5, 0.6) is 0 Å². The number of benzene rings is 3. The van der Waals surface area contributed by atoms with Crippen LogP contribution in [0, 0.1) is 23.7 Å². The molecule has 0 aliphatic heterocycles. The van der Waals surface area contributed by atoms with Crippen molar-refractivity contribution in [2.24, 2.45) is 4.99 Å². The second kappa shape index (κ2) is 11.5. The summed E-state index contributed by atoms with van der Waals surface area (Å²) in [5.41, 5.74) is 6.10. The average Bonchev–Trinajstić information content (AvgIpc) is 2.79. The number of rotatable bonds is 5. The largest absolute Gasteiger partial charge is 0.195 e. The molecule has 0 aromatic heterocycles. The Morgan fingerprint density at radius 2 is 1.17 bits per heavy atom. The lowest BCUT2D eigenvalue weighted by Gasteiger charge is -2.02. The molecule has 0 heterocycles. The predicted molar refractivity (Wildman–Crippen MR) is 130 cm³/mol. The zero-order valence-corrected chi connectivity index (χ0v) is 17.9. The van der Waals surface area contributed by atoms with Gasteiger partial charge in [0.05, 0.1) is 10.8 Å². The van der Waals surface area contributed by atoms with Crippen molar-refractivity contribution in [3.05, 3.63) is 89.5 Å². The maximum atomic E-state index is 4.64. The van der Waals surface area contributed by atoms with Gasteiger partial charge in [-0.05, 0) is 78.3 Å². The van der Waals surface area contributed by atoms with Gasteiger partial charge >= 0.3 is 0 Å². The van der Waals surface area contributed by atoms with Crippen molar-refractivity contribution in [1.29, 1.82) is 0 Å². The molecule has 0 fully saturated rings. The fraction of sp³-hybridized carbons (Fsp3) is 0.179. The lowest BCUT2D eigenvalue weighted by atomic mass is 10.0. The minimum atomic E-state index is 0.810. The molecule has 0 unspecified atom stereocenters. The van der Waals surface area contributed by atoms with Crippen molar-refractivity contribution in [2.75, 3.05) is 0 Å². The molecule has 0 radical (unpaired) electrons. The van der Waals surface area contributed by atoms with Crippen LogP contribution in [-0.2, 0) is 0 Å². The van der Waals surface area contributed by atoms with Crippen LogP contribution in [-0.4, -0.2) is 5.16 Å². The van der Waals surface area contributed by atoms with Gasteiger partial charge in [0.1, 0.15) is 0 Å². The zero-order valence-electron chi connectivity index (χ0n) is 17.1. The highest BCUT2D eigenvalue weighted by Gasteiger charge is 1.98. The molecule has 3 aromatic rings. The third-order valence-corrected chi connectivity index (χ3v) is 4.73. The molecular formula is C28H23NS. The standard InChI is InChI=1S/C28H23NS/c1-2-3-4-5-6-7-23-8-10-24(11-9-23)12-13-25-14-16-26(17-15-25)27-18-20-28(21-19-27)29-22-30/h8-11,14-21H,2-5H2,1H3. The molecule has 0 amide bonds. The fourth-order valence-electron chi connectivity index (χ4n) is 2.94. The van der Waals surface area contributed by atoms with E-state index in [1.54, 1.807) is 0 Å². The minimum absolute atomic E-state index is 0.810. The third kappa shape index (κ3) is 6.58. The first-order valence-electron chi connectivity index (χ1n) is 10.2. The van der Waals surface area contributed by atoms with Gasteiger partial charge in [-0.3, -0.25) is 0 Å². The summed E-state index contributed by atoms with van der Waals surface area (Å²) >= 11 is 4.64. The van der Waals surface area contributed by atoms with Crippen LogP contribution in [0.25, 0.3) is 11.1 Å². The zero-order chi connectivity index (χ0) is 21.0. The summed E-state index contributed by atoms with van der Waals surface area (Å²) in [7, 11) is 0. The van der Waals surface area contributed by atoms with Crippen molar-refractivity contribution in [3.63, 3.8) is 0 Å². The number of nitrogens with zero attached hydrogens (tertiary/aromatic N) is 1. The second-order valence-electron chi connectivity index (χ2n) is 6.91. The first kappa shape index (κ1) is 21.3. The Bertz CT molecular complexity index is 1130. The van der Waals surface area contributed by atoms with E-state index in [2.05, 4.69) is 65.1 Å². The smallest absolute Gasteiger partial charge is 0.0739 e. The molecular weight excluding hydrogens is 382 g/mol. The molecule has 146 valence electrons. The van der Waals surface area contributed by atoms with Crippen LogP contribution in [0.2, 0.25) is 0 Å². The monoisotopic (exact) mass is 405 g/mol. The van der Waals surface area contributed by atoms with Gasteiger partial charge in [-0.15, -0.1) is 0 Å². The molecule has 0 saturated heterocycles. The Hall–Kier alpha value is -3.42. The Morgan fingerprint density at radius 1 is 0.667 bits per heavy atom. The summed E-state index contributed by atoms with van der Waals surface area (Å²) in [6.45, 7) is 2.21. The van der Waals surface area contributed by atoms with Crippen molar-refractivity contribution in [1.82, 2.24) is 0 Å². The molecule has 1 nitrogen and oxygen atoms in total. The molecule has 0 aliphatic rings. The highest BCUT2D eigenvalue weighted by Crippen LogP contribution is 2.22. The van der Waals surface area contributed by atoms with Gasteiger partial charge in [-0.25, -0.2) is 0 Å².